The highest BCUT2D eigenvalue weighted by Crippen LogP contribution is 2.30. The molecule has 29 heavy (non-hydrogen) atoms. The number of guanidine groups is 1. The minimum absolute atomic E-state index is 0.212. The summed E-state index contributed by atoms with van der Waals surface area (Å²) in [4.78, 5) is 8.00. The Balaban J connectivity index is 1.99. The van der Waals surface area contributed by atoms with Crippen molar-refractivity contribution < 1.29 is 21.6 Å². The zero-order chi connectivity index (χ0) is 21.5. The lowest BCUT2D eigenvalue weighted by Crippen LogP contribution is -2.38. The number of thiazole rings is 1. The monoisotopic (exact) mass is 449 g/mol. The fourth-order valence-electron chi connectivity index (χ4n) is 2.31. The van der Waals surface area contributed by atoms with E-state index in [2.05, 4.69) is 25.3 Å². The Morgan fingerprint density at radius 2 is 1.97 bits per heavy atom. The number of hydrogen-bond donors (Lipinski definition) is 3. The lowest BCUT2D eigenvalue weighted by Gasteiger charge is -2.12. The number of nitrogens with one attached hydrogen (secondary N) is 3. The minimum Gasteiger partial charge on any atom is -0.357 e. The van der Waals surface area contributed by atoms with Crippen molar-refractivity contribution in [3.05, 3.63) is 45.9 Å². The summed E-state index contributed by atoms with van der Waals surface area (Å²) in [5, 5.41) is 7.46. The van der Waals surface area contributed by atoms with Gasteiger partial charge in [-0.25, -0.2) is 18.4 Å². The predicted molar refractivity (Wildman–Crippen MR) is 109 cm³/mol. The molecule has 2 rings (SSSR count). The summed E-state index contributed by atoms with van der Waals surface area (Å²) in [5.41, 5.74) is 0.245. The summed E-state index contributed by atoms with van der Waals surface area (Å²) >= 11 is 0.962. The first-order chi connectivity index (χ1) is 13.6. The smallest absolute Gasteiger partial charge is 0.357 e. The molecule has 0 bridgehead atoms. The van der Waals surface area contributed by atoms with Gasteiger partial charge in [-0.2, -0.15) is 13.2 Å². The Labute approximate surface area is 171 Å². The van der Waals surface area contributed by atoms with E-state index in [0.29, 0.717) is 41.7 Å². The first-order valence-corrected chi connectivity index (χ1v) is 11.4. The van der Waals surface area contributed by atoms with E-state index < -0.39 is 21.9 Å². The van der Waals surface area contributed by atoms with Gasteiger partial charge in [0.25, 0.3) is 0 Å². The summed E-state index contributed by atoms with van der Waals surface area (Å²) in [6, 6.07) is 6.90. The third kappa shape index (κ3) is 7.89. The van der Waals surface area contributed by atoms with E-state index >= 15 is 0 Å². The van der Waals surface area contributed by atoms with Crippen LogP contribution in [0.1, 0.15) is 23.2 Å². The highest BCUT2D eigenvalue weighted by molar-refractivity contribution is 7.92. The second-order valence-corrected chi connectivity index (χ2v) is 8.72. The molecular weight excluding hydrogens is 427 g/mol. The van der Waals surface area contributed by atoms with E-state index in [1.165, 1.54) is 0 Å². The van der Waals surface area contributed by atoms with E-state index in [1.807, 2.05) is 6.92 Å². The topological polar surface area (TPSA) is 95.5 Å². The van der Waals surface area contributed by atoms with Crippen molar-refractivity contribution in [3.8, 4) is 0 Å². The number of hydrogen-bond acceptors (Lipinski definition) is 5. The maximum Gasteiger partial charge on any atom is 0.434 e. The van der Waals surface area contributed by atoms with Gasteiger partial charge in [0, 0.05) is 24.9 Å². The molecule has 0 radical (unpaired) electrons. The molecule has 0 aliphatic carbocycles. The fourth-order valence-corrected chi connectivity index (χ4v) is 3.71. The number of sulfonamides is 1. The van der Waals surface area contributed by atoms with Crippen LogP contribution in [-0.2, 0) is 29.2 Å². The average Bonchev–Trinajstić information content (AvgIpc) is 3.09. The number of anilines is 1. The lowest BCUT2D eigenvalue weighted by atomic mass is 10.2. The third-order valence-electron chi connectivity index (χ3n) is 3.54. The largest absolute Gasteiger partial charge is 0.434 e. The van der Waals surface area contributed by atoms with E-state index in [-0.39, 0.29) is 6.54 Å². The Kier molecular flexibility index (Phi) is 7.85. The van der Waals surface area contributed by atoms with Crippen molar-refractivity contribution in [3.63, 3.8) is 0 Å². The van der Waals surface area contributed by atoms with Crippen LogP contribution in [0.15, 0.2) is 34.6 Å². The second kappa shape index (κ2) is 9.92. The molecule has 0 fully saturated rings. The Bertz CT molecular complexity index is 943. The number of halogens is 3. The number of nitrogens with zero attached hydrogens (tertiary/aromatic N) is 2. The Morgan fingerprint density at radius 3 is 2.59 bits per heavy atom. The highest BCUT2D eigenvalue weighted by atomic mass is 32.2. The summed E-state index contributed by atoms with van der Waals surface area (Å²) in [6.45, 7) is 3.03. The number of alkyl halides is 3. The molecule has 1 heterocycles. The van der Waals surface area contributed by atoms with E-state index in [9.17, 15) is 21.6 Å². The molecule has 3 N–H and O–H groups in total. The predicted octanol–water partition coefficient (Wildman–Crippen LogP) is 2.83. The third-order valence-corrected chi connectivity index (χ3v) is 5.04. The summed E-state index contributed by atoms with van der Waals surface area (Å²) in [7, 11) is -3.42. The van der Waals surface area contributed by atoms with Gasteiger partial charge in [-0.05, 0) is 18.6 Å². The van der Waals surface area contributed by atoms with E-state index in [1.54, 1.807) is 24.3 Å². The molecule has 0 spiro atoms. The van der Waals surface area contributed by atoms with Gasteiger partial charge in [0.05, 0.1) is 23.5 Å². The van der Waals surface area contributed by atoms with Crippen molar-refractivity contribution in [1.82, 2.24) is 15.6 Å². The van der Waals surface area contributed by atoms with Gasteiger partial charge in [0.2, 0.25) is 10.0 Å². The van der Waals surface area contributed by atoms with Gasteiger partial charge in [-0.3, -0.25) is 4.72 Å². The summed E-state index contributed by atoms with van der Waals surface area (Å²) in [6.07, 6.45) is -3.05. The molecule has 0 saturated heterocycles. The van der Waals surface area contributed by atoms with Gasteiger partial charge in [-0.1, -0.05) is 18.2 Å². The number of rotatable bonds is 8. The van der Waals surface area contributed by atoms with Crippen LogP contribution in [0.3, 0.4) is 0 Å². The summed E-state index contributed by atoms with van der Waals surface area (Å²) < 4.78 is 63.2. The van der Waals surface area contributed by atoms with Crippen LogP contribution in [0.2, 0.25) is 0 Å². The van der Waals surface area contributed by atoms with Crippen LogP contribution in [0.4, 0.5) is 18.9 Å². The average molecular weight is 450 g/mol. The van der Waals surface area contributed by atoms with Crippen LogP contribution in [0.5, 0.6) is 0 Å². The SMILES string of the molecule is CCNC(=NCc1ccccc1NS(C)(=O)=O)NCCc1nc(C(F)(F)F)cs1. The number of benzene rings is 1. The molecule has 1 aromatic heterocycles. The maximum absolute atomic E-state index is 12.6. The second-order valence-electron chi connectivity index (χ2n) is 6.03. The maximum atomic E-state index is 12.6. The van der Waals surface area contributed by atoms with Crippen LogP contribution >= 0.6 is 11.3 Å². The summed E-state index contributed by atoms with van der Waals surface area (Å²) in [5.74, 6) is 0.467. The quantitative estimate of drug-likeness (QED) is 0.426. The zero-order valence-electron chi connectivity index (χ0n) is 15.9. The molecule has 0 atom stereocenters. The van der Waals surface area contributed by atoms with Gasteiger partial charge in [0.15, 0.2) is 11.7 Å². The number of para-hydroxylation sites is 1. The molecule has 160 valence electrons. The van der Waals surface area contributed by atoms with E-state index in [0.717, 1.165) is 23.0 Å². The van der Waals surface area contributed by atoms with Crippen molar-refractivity contribution in [2.45, 2.75) is 26.1 Å². The van der Waals surface area contributed by atoms with Crippen LogP contribution in [0, 0.1) is 0 Å². The lowest BCUT2D eigenvalue weighted by molar-refractivity contribution is -0.140. The first kappa shape index (κ1) is 22.9. The molecule has 2 aromatic rings. The normalized spacial score (nSPS) is 12.7. The van der Waals surface area contributed by atoms with Crippen molar-refractivity contribution in [1.29, 1.82) is 0 Å². The van der Waals surface area contributed by atoms with Crippen LogP contribution < -0.4 is 15.4 Å². The van der Waals surface area contributed by atoms with Crippen LogP contribution in [0.25, 0.3) is 0 Å². The van der Waals surface area contributed by atoms with Gasteiger partial charge >= 0.3 is 6.18 Å². The first-order valence-electron chi connectivity index (χ1n) is 8.68. The molecule has 0 aliphatic rings. The molecule has 1 aromatic carbocycles. The van der Waals surface area contributed by atoms with Gasteiger partial charge in [0.1, 0.15) is 0 Å². The fraction of sp³-hybridized carbons (Fsp3) is 0.412. The number of aliphatic imine (C=N–C) groups is 1. The van der Waals surface area contributed by atoms with Gasteiger partial charge < -0.3 is 10.6 Å². The minimum atomic E-state index is -4.44. The van der Waals surface area contributed by atoms with E-state index in [4.69, 9.17) is 0 Å². The Morgan fingerprint density at radius 1 is 1.24 bits per heavy atom. The molecule has 0 amide bonds. The zero-order valence-corrected chi connectivity index (χ0v) is 17.5. The standard InChI is InChI=1S/C17H22F3N5O2S2/c1-3-21-16(22-9-8-15-24-14(11-28-15)17(18,19)20)23-10-12-6-4-5-7-13(12)25-29(2,26)27/h4-7,11,25H,3,8-10H2,1-2H3,(H2,21,22,23). The number of aromatic nitrogens is 1. The molecule has 12 heteroatoms. The van der Waals surface area contributed by atoms with Crippen molar-refractivity contribution in [2.75, 3.05) is 24.1 Å². The highest BCUT2D eigenvalue weighted by Gasteiger charge is 2.33. The Hall–Kier alpha value is -2.34. The molecule has 7 nitrogen and oxygen atoms in total. The molecule has 0 saturated carbocycles. The van der Waals surface area contributed by atoms with Crippen molar-refractivity contribution >= 4 is 33.0 Å². The van der Waals surface area contributed by atoms with Crippen LogP contribution in [-0.4, -0.2) is 38.7 Å². The van der Waals surface area contributed by atoms with Gasteiger partial charge in [-0.15, -0.1) is 11.3 Å². The molecular formula is C17H22F3N5O2S2. The molecule has 0 unspecified atom stereocenters. The van der Waals surface area contributed by atoms with Crippen molar-refractivity contribution in [2.24, 2.45) is 4.99 Å². The molecule has 0 aliphatic heterocycles.